The number of esters is 1. The lowest BCUT2D eigenvalue weighted by molar-refractivity contribution is -0.143. The zero-order valence-electron chi connectivity index (χ0n) is 14.4. The van der Waals surface area contributed by atoms with Crippen molar-refractivity contribution < 1.29 is 27.5 Å². The number of halogens is 3. The van der Waals surface area contributed by atoms with Gasteiger partial charge in [-0.2, -0.15) is 18.3 Å². The molecule has 1 fully saturated rings. The minimum Gasteiger partial charge on any atom is -0.465 e. The van der Waals surface area contributed by atoms with Crippen LogP contribution in [-0.2, 0) is 33.3 Å². The third-order valence-electron chi connectivity index (χ3n) is 4.31. The van der Waals surface area contributed by atoms with E-state index in [1.807, 2.05) is 5.10 Å². The maximum atomic E-state index is 12.7. The molecule has 0 spiro atoms. The van der Waals surface area contributed by atoms with E-state index in [-0.39, 0.29) is 30.9 Å². The summed E-state index contributed by atoms with van der Waals surface area (Å²) in [6, 6.07) is 7.01. The summed E-state index contributed by atoms with van der Waals surface area (Å²) in [6.07, 6.45) is -2.14. The number of carbonyl (C=O) groups is 2. The molecule has 0 unspecified atom stereocenters. The summed E-state index contributed by atoms with van der Waals surface area (Å²) in [5, 5.41) is 5.30. The van der Waals surface area contributed by atoms with E-state index in [0.717, 1.165) is 18.3 Å². The molecule has 1 amide bonds. The number of nitrogens with zero attached hydrogens (tertiary/aromatic N) is 2. The summed E-state index contributed by atoms with van der Waals surface area (Å²) in [5.74, 6) is -0.448. The molecule has 1 aromatic heterocycles. The van der Waals surface area contributed by atoms with Gasteiger partial charge in [0, 0.05) is 30.6 Å². The SMILES string of the molecule is O=C(Cc1ccc(N2CCCC2=O)cc1)OCCc1cn[nH]c1C(F)(F)F. The Bertz CT molecular complexity index is 815. The quantitative estimate of drug-likeness (QED) is 0.781. The van der Waals surface area contributed by atoms with Crippen LogP contribution in [-0.4, -0.2) is 35.2 Å². The van der Waals surface area contributed by atoms with Gasteiger partial charge in [-0.3, -0.25) is 14.7 Å². The lowest BCUT2D eigenvalue weighted by Gasteiger charge is -2.15. The maximum absolute atomic E-state index is 12.7. The first-order valence-electron chi connectivity index (χ1n) is 8.49. The second-order valence-electron chi connectivity index (χ2n) is 6.23. The fourth-order valence-corrected chi connectivity index (χ4v) is 2.95. The number of ether oxygens (including phenoxy) is 1. The van der Waals surface area contributed by atoms with Gasteiger partial charge >= 0.3 is 12.1 Å². The first-order chi connectivity index (χ1) is 12.8. The lowest BCUT2D eigenvalue weighted by Crippen LogP contribution is -2.23. The van der Waals surface area contributed by atoms with Gasteiger partial charge in [0.2, 0.25) is 5.91 Å². The molecule has 1 aliphatic rings. The van der Waals surface area contributed by atoms with Crippen LogP contribution in [0, 0.1) is 0 Å². The van der Waals surface area contributed by atoms with E-state index in [1.54, 1.807) is 29.2 Å². The highest BCUT2D eigenvalue weighted by Gasteiger charge is 2.35. The number of aromatic amines is 1. The molecule has 2 aromatic rings. The zero-order valence-corrected chi connectivity index (χ0v) is 14.4. The topological polar surface area (TPSA) is 75.3 Å². The van der Waals surface area contributed by atoms with Crippen molar-refractivity contribution in [2.24, 2.45) is 0 Å². The fourth-order valence-electron chi connectivity index (χ4n) is 2.95. The van der Waals surface area contributed by atoms with Crippen molar-refractivity contribution in [3.63, 3.8) is 0 Å². The summed E-state index contributed by atoms with van der Waals surface area (Å²) in [4.78, 5) is 25.3. The van der Waals surface area contributed by atoms with E-state index < -0.39 is 17.8 Å². The summed E-state index contributed by atoms with van der Waals surface area (Å²) < 4.78 is 43.2. The molecule has 1 saturated heterocycles. The molecule has 9 heteroatoms. The standard InChI is InChI=1S/C18H18F3N3O3/c19-18(20,21)17-13(11-22-23-17)7-9-27-16(26)10-12-3-5-14(6-4-12)24-8-1-2-15(24)25/h3-6,11H,1-2,7-10H2,(H,22,23). The Balaban J connectivity index is 1.48. The predicted octanol–water partition coefficient (Wildman–Crippen LogP) is 2.88. The summed E-state index contributed by atoms with van der Waals surface area (Å²) in [5.41, 5.74) is 0.518. The van der Waals surface area contributed by atoms with Crippen molar-refractivity contribution in [2.75, 3.05) is 18.1 Å². The summed E-state index contributed by atoms with van der Waals surface area (Å²) in [6.45, 7) is 0.524. The van der Waals surface area contributed by atoms with Crippen LogP contribution in [0.4, 0.5) is 18.9 Å². The number of H-pyrrole nitrogens is 1. The fraction of sp³-hybridized carbons (Fsp3) is 0.389. The highest BCUT2D eigenvalue weighted by Crippen LogP contribution is 2.30. The molecule has 0 radical (unpaired) electrons. The average Bonchev–Trinajstić information content (AvgIpc) is 3.24. The zero-order chi connectivity index (χ0) is 19.4. The largest absolute Gasteiger partial charge is 0.465 e. The Hall–Kier alpha value is -2.84. The van der Waals surface area contributed by atoms with Crippen LogP contribution in [0.25, 0.3) is 0 Å². The number of alkyl halides is 3. The van der Waals surface area contributed by atoms with Gasteiger partial charge < -0.3 is 9.64 Å². The molecule has 144 valence electrons. The van der Waals surface area contributed by atoms with E-state index in [4.69, 9.17) is 4.74 Å². The third kappa shape index (κ3) is 4.66. The van der Waals surface area contributed by atoms with E-state index in [2.05, 4.69) is 5.10 Å². The highest BCUT2D eigenvalue weighted by atomic mass is 19.4. The normalized spacial score (nSPS) is 14.6. The summed E-state index contributed by atoms with van der Waals surface area (Å²) in [7, 11) is 0. The number of amides is 1. The number of aromatic nitrogens is 2. The number of rotatable bonds is 6. The van der Waals surface area contributed by atoms with Gasteiger partial charge in [-0.1, -0.05) is 12.1 Å². The highest BCUT2D eigenvalue weighted by molar-refractivity contribution is 5.95. The molecule has 1 aromatic carbocycles. The van der Waals surface area contributed by atoms with Crippen LogP contribution in [0.1, 0.15) is 29.7 Å². The van der Waals surface area contributed by atoms with Crippen molar-refractivity contribution in [1.29, 1.82) is 0 Å². The van der Waals surface area contributed by atoms with Gasteiger partial charge in [0.15, 0.2) is 0 Å². The van der Waals surface area contributed by atoms with Gasteiger partial charge in [-0.05, 0) is 24.1 Å². The van der Waals surface area contributed by atoms with Gasteiger partial charge in [-0.15, -0.1) is 0 Å². The van der Waals surface area contributed by atoms with Crippen LogP contribution in [0.2, 0.25) is 0 Å². The second kappa shape index (κ2) is 7.81. The second-order valence-corrected chi connectivity index (χ2v) is 6.23. The molecule has 27 heavy (non-hydrogen) atoms. The third-order valence-corrected chi connectivity index (χ3v) is 4.31. The van der Waals surface area contributed by atoms with Crippen molar-refractivity contribution in [1.82, 2.24) is 10.2 Å². The van der Waals surface area contributed by atoms with E-state index >= 15 is 0 Å². The van der Waals surface area contributed by atoms with Crippen molar-refractivity contribution >= 4 is 17.6 Å². The molecule has 3 rings (SSSR count). The average molecular weight is 381 g/mol. The molecule has 6 nitrogen and oxygen atoms in total. The van der Waals surface area contributed by atoms with Gasteiger partial charge in [0.25, 0.3) is 0 Å². The van der Waals surface area contributed by atoms with Crippen molar-refractivity contribution in [3.8, 4) is 0 Å². The molecule has 0 atom stereocenters. The van der Waals surface area contributed by atoms with Crippen LogP contribution < -0.4 is 4.90 Å². The van der Waals surface area contributed by atoms with Crippen LogP contribution in [0.3, 0.4) is 0 Å². The van der Waals surface area contributed by atoms with E-state index in [0.29, 0.717) is 18.5 Å². The predicted molar refractivity (Wildman–Crippen MR) is 90.0 cm³/mol. The Labute approximate surface area is 153 Å². The number of nitrogens with one attached hydrogen (secondary N) is 1. The first kappa shape index (κ1) is 18.9. The van der Waals surface area contributed by atoms with Gasteiger partial charge in [0.05, 0.1) is 19.2 Å². The van der Waals surface area contributed by atoms with Gasteiger partial charge in [-0.25, -0.2) is 0 Å². The van der Waals surface area contributed by atoms with Gasteiger partial charge in [0.1, 0.15) is 5.69 Å². The van der Waals surface area contributed by atoms with E-state index in [1.165, 1.54) is 0 Å². The Kier molecular flexibility index (Phi) is 5.48. The molecular weight excluding hydrogens is 363 g/mol. The van der Waals surface area contributed by atoms with Crippen LogP contribution in [0.15, 0.2) is 30.5 Å². The van der Waals surface area contributed by atoms with E-state index in [9.17, 15) is 22.8 Å². The van der Waals surface area contributed by atoms with Crippen molar-refractivity contribution in [2.45, 2.75) is 31.9 Å². The summed E-state index contributed by atoms with van der Waals surface area (Å²) >= 11 is 0. The maximum Gasteiger partial charge on any atom is 0.433 e. The molecule has 1 N–H and O–H groups in total. The Morgan fingerprint density at radius 2 is 2.00 bits per heavy atom. The molecule has 2 heterocycles. The lowest BCUT2D eigenvalue weighted by atomic mass is 10.1. The number of carbonyl (C=O) groups excluding carboxylic acids is 2. The van der Waals surface area contributed by atoms with Crippen molar-refractivity contribution in [3.05, 3.63) is 47.3 Å². The Morgan fingerprint density at radius 3 is 2.63 bits per heavy atom. The molecular formula is C18H18F3N3O3. The molecule has 1 aliphatic heterocycles. The number of hydrogen-bond acceptors (Lipinski definition) is 4. The first-order valence-corrected chi connectivity index (χ1v) is 8.49. The monoisotopic (exact) mass is 381 g/mol. The number of benzene rings is 1. The van der Waals surface area contributed by atoms with Crippen LogP contribution in [0.5, 0.6) is 0 Å². The van der Waals surface area contributed by atoms with Crippen LogP contribution >= 0.6 is 0 Å². The smallest absolute Gasteiger partial charge is 0.433 e. The minimum absolute atomic E-state index is 0.00570. The molecule has 0 bridgehead atoms. The molecule has 0 aliphatic carbocycles. The number of anilines is 1. The Morgan fingerprint density at radius 1 is 1.26 bits per heavy atom. The molecule has 0 saturated carbocycles. The minimum atomic E-state index is -4.52. The number of hydrogen-bond donors (Lipinski definition) is 1.